The van der Waals surface area contributed by atoms with Crippen molar-refractivity contribution in [2.45, 2.75) is 19.8 Å². The molecule has 0 aromatic carbocycles. The fourth-order valence-corrected chi connectivity index (χ4v) is 1.90. The first kappa shape index (κ1) is 14.8. The zero-order valence-corrected chi connectivity index (χ0v) is 12.4. The molecule has 0 radical (unpaired) electrons. The highest BCUT2D eigenvalue weighted by Crippen LogP contribution is 2.13. The second-order valence-corrected chi connectivity index (χ2v) is 4.83. The van der Waals surface area contributed by atoms with Crippen LogP contribution < -0.4 is 5.32 Å². The Morgan fingerprint density at radius 3 is 2.96 bits per heavy atom. The number of rotatable bonds is 6. The van der Waals surface area contributed by atoms with Crippen LogP contribution in [0.1, 0.15) is 17.3 Å². The lowest BCUT2D eigenvalue weighted by Crippen LogP contribution is -2.27. The molecule has 0 saturated carbocycles. The molecule has 0 aliphatic rings. The summed E-state index contributed by atoms with van der Waals surface area (Å²) in [4.78, 5) is 20.0. The number of nitrogens with one attached hydrogen (secondary N) is 1. The summed E-state index contributed by atoms with van der Waals surface area (Å²) in [6, 6.07) is 3.64. The summed E-state index contributed by atoms with van der Waals surface area (Å²) in [5, 5.41) is 13.9. The van der Waals surface area contributed by atoms with Crippen molar-refractivity contribution in [3.05, 3.63) is 41.8 Å². The Hall–Kier alpha value is -3.10. The van der Waals surface area contributed by atoms with Crippen molar-refractivity contribution in [1.82, 2.24) is 30.8 Å². The molecule has 3 heterocycles. The van der Waals surface area contributed by atoms with Gasteiger partial charge in [-0.3, -0.25) is 9.78 Å². The van der Waals surface area contributed by atoms with E-state index in [1.54, 1.807) is 25.4 Å². The normalized spacial score (nSPS) is 10.7. The molecule has 1 amide bonds. The van der Waals surface area contributed by atoms with Gasteiger partial charge in [0, 0.05) is 30.9 Å². The molecule has 0 unspecified atom stereocenters. The van der Waals surface area contributed by atoms with Crippen LogP contribution in [-0.4, -0.2) is 37.9 Å². The molecule has 0 atom stereocenters. The monoisotopic (exact) mass is 314 g/mol. The average molecular weight is 314 g/mol. The molecular formula is C14H14N6O3. The minimum atomic E-state index is -0.171. The van der Waals surface area contributed by atoms with Crippen LogP contribution in [0.4, 0.5) is 0 Å². The molecule has 0 bridgehead atoms. The van der Waals surface area contributed by atoms with E-state index in [1.165, 1.54) is 0 Å². The Bertz CT molecular complexity index is 783. The van der Waals surface area contributed by atoms with E-state index in [4.69, 9.17) is 4.52 Å². The highest BCUT2D eigenvalue weighted by Gasteiger charge is 2.12. The van der Waals surface area contributed by atoms with Crippen molar-refractivity contribution < 1.29 is 13.9 Å². The van der Waals surface area contributed by atoms with Gasteiger partial charge in [0.1, 0.15) is 11.4 Å². The van der Waals surface area contributed by atoms with Gasteiger partial charge in [-0.15, -0.1) is 0 Å². The average Bonchev–Trinajstić information content (AvgIpc) is 3.18. The maximum atomic E-state index is 11.8. The highest BCUT2D eigenvalue weighted by atomic mass is 16.6. The molecule has 1 N–H and O–H groups in total. The Morgan fingerprint density at radius 2 is 2.22 bits per heavy atom. The van der Waals surface area contributed by atoms with Crippen LogP contribution in [0.2, 0.25) is 0 Å². The van der Waals surface area contributed by atoms with Crippen molar-refractivity contribution in [2.75, 3.05) is 6.54 Å². The summed E-state index contributed by atoms with van der Waals surface area (Å²) >= 11 is 0. The lowest BCUT2D eigenvalue weighted by Gasteiger charge is -2.01. The Kier molecular flexibility index (Phi) is 4.37. The number of carbonyl (C=O) groups is 1. The molecule has 0 aliphatic carbocycles. The van der Waals surface area contributed by atoms with Crippen LogP contribution in [0.25, 0.3) is 11.4 Å². The first-order valence-electron chi connectivity index (χ1n) is 7.00. The lowest BCUT2D eigenvalue weighted by atomic mass is 10.2. The van der Waals surface area contributed by atoms with E-state index in [9.17, 15) is 4.79 Å². The third-order valence-corrected chi connectivity index (χ3v) is 3.12. The quantitative estimate of drug-likeness (QED) is 0.706. The zero-order valence-electron chi connectivity index (χ0n) is 12.4. The zero-order chi connectivity index (χ0) is 16.1. The summed E-state index contributed by atoms with van der Waals surface area (Å²) in [6.45, 7) is 2.12. The van der Waals surface area contributed by atoms with Gasteiger partial charge >= 0.3 is 0 Å². The summed E-state index contributed by atoms with van der Waals surface area (Å²) in [5.74, 6) is 0.753. The van der Waals surface area contributed by atoms with Crippen molar-refractivity contribution in [3.63, 3.8) is 0 Å². The van der Waals surface area contributed by atoms with Crippen molar-refractivity contribution >= 4 is 5.91 Å². The molecule has 0 fully saturated rings. The third kappa shape index (κ3) is 3.76. The fourth-order valence-electron chi connectivity index (χ4n) is 1.90. The molecule has 0 spiro atoms. The van der Waals surface area contributed by atoms with Crippen LogP contribution >= 0.6 is 0 Å². The third-order valence-electron chi connectivity index (χ3n) is 3.12. The van der Waals surface area contributed by atoms with Crippen LogP contribution in [0.5, 0.6) is 0 Å². The first-order valence-corrected chi connectivity index (χ1v) is 7.00. The van der Waals surface area contributed by atoms with E-state index in [0.29, 0.717) is 36.1 Å². The maximum Gasteiger partial charge on any atom is 0.228 e. The molecule has 9 heteroatoms. The maximum absolute atomic E-state index is 11.8. The van der Waals surface area contributed by atoms with Crippen LogP contribution in [0.15, 0.2) is 33.7 Å². The number of amides is 1. The summed E-state index contributed by atoms with van der Waals surface area (Å²) in [7, 11) is 0. The second kappa shape index (κ2) is 6.77. The minimum Gasteiger partial charge on any atom is -0.355 e. The van der Waals surface area contributed by atoms with Crippen molar-refractivity contribution in [3.8, 4) is 11.4 Å². The van der Waals surface area contributed by atoms with Gasteiger partial charge in [-0.05, 0) is 19.1 Å². The molecular weight excluding hydrogens is 300 g/mol. The van der Waals surface area contributed by atoms with Gasteiger partial charge in [0.15, 0.2) is 0 Å². The predicted octanol–water partition coefficient (Wildman–Crippen LogP) is 0.724. The molecule has 23 heavy (non-hydrogen) atoms. The largest absolute Gasteiger partial charge is 0.355 e. The molecule has 3 aromatic heterocycles. The Labute approximate surface area is 131 Å². The number of hydrogen-bond donors (Lipinski definition) is 1. The van der Waals surface area contributed by atoms with Gasteiger partial charge in [0.25, 0.3) is 0 Å². The number of nitrogens with zero attached hydrogens (tertiary/aromatic N) is 5. The fraction of sp³-hybridized carbons (Fsp3) is 0.286. The molecule has 118 valence electrons. The SMILES string of the molecule is Cc1nonc1CC(=O)NCCc1nc(-c2cccnc2)no1. The smallest absolute Gasteiger partial charge is 0.228 e. The van der Waals surface area contributed by atoms with E-state index in [2.05, 4.69) is 35.4 Å². The highest BCUT2D eigenvalue weighted by molar-refractivity contribution is 5.78. The van der Waals surface area contributed by atoms with Gasteiger partial charge in [-0.1, -0.05) is 15.5 Å². The summed E-state index contributed by atoms with van der Waals surface area (Å²) < 4.78 is 9.69. The lowest BCUT2D eigenvalue weighted by molar-refractivity contribution is -0.120. The standard InChI is InChI=1S/C14H14N6O3/c1-9-11(19-23-18-9)7-12(21)16-6-4-13-17-14(20-22-13)10-3-2-5-15-8-10/h2-3,5,8H,4,6-7H2,1H3,(H,16,21). The van der Waals surface area contributed by atoms with Crippen LogP contribution in [-0.2, 0) is 17.6 Å². The van der Waals surface area contributed by atoms with Gasteiger partial charge in [0.05, 0.1) is 6.42 Å². The second-order valence-electron chi connectivity index (χ2n) is 4.83. The Balaban J connectivity index is 1.49. The number of pyridine rings is 1. The topological polar surface area (TPSA) is 120 Å². The van der Waals surface area contributed by atoms with Crippen molar-refractivity contribution in [1.29, 1.82) is 0 Å². The summed E-state index contributed by atoms with van der Waals surface area (Å²) in [6.07, 6.45) is 3.89. The number of aryl methyl sites for hydroxylation is 1. The number of carbonyl (C=O) groups excluding carboxylic acids is 1. The number of aromatic nitrogens is 5. The predicted molar refractivity (Wildman–Crippen MR) is 77.0 cm³/mol. The van der Waals surface area contributed by atoms with E-state index in [0.717, 1.165) is 5.56 Å². The van der Waals surface area contributed by atoms with Gasteiger partial charge in [-0.25, -0.2) is 4.63 Å². The molecule has 3 rings (SSSR count). The van der Waals surface area contributed by atoms with Crippen LogP contribution in [0.3, 0.4) is 0 Å². The van der Waals surface area contributed by atoms with E-state index < -0.39 is 0 Å². The van der Waals surface area contributed by atoms with Gasteiger partial charge < -0.3 is 9.84 Å². The van der Waals surface area contributed by atoms with E-state index >= 15 is 0 Å². The van der Waals surface area contributed by atoms with Gasteiger partial charge in [0.2, 0.25) is 17.6 Å². The molecule has 9 nitrogen and oxygen atoms in total. The first-order chi connectivity index (χ1) is 11.2. The molecule has 3 aromatic rings. The van der Waals surface area contributed by atoms with Gasteiger partial charge in [-0.2, -0.15) is 4.98 Å². The van der Waals surface area contributed by atoms with Crippen molar-refractivity contribution in [2.24, 2.45) is 0 Å². The van der Waals surface area contributed by atoms with E-state index in [1.807, 2.05) is 6.07 Å². The Morgan fingerprint density at radius 1 is 1.30 bits per heavy atom. The minimum absolute atomic E-state index is 0.125. The molecule has 0 aliphatic heterocycles. The number of hydrogen-bond acceptors (Lipinski definition) is 8. The van der Waals surface area contributed by atoms with Crippen LogP contribution in [0, 0.1) is 6.92 Å². The van der Waals surface area contributed by atoms with E-state index in [-0.39, 0.29) is 12.3 Å². The summed E-state index contributed by atoms with van der Waals surface area (Å²) in [5.41, 5.74) is 1.91. The molecule has 0 saturated heterocycles.